The number of rotatable bonds is 5. The van der Waals surface area contributed by atoms with Crippen molar-refractivity contribution >= 4 is 5.78 Å². The maximum Gasteiger partial charge on any atom is 0.181 e. The molecule has 8 nitrogen and oxygen atoms in total. The maximum atomic E-state index is 13.4. The van der Waals surface area contributed by atoms with Gasteiger partial charge in [0.25, 0.3) is 0 Å². The number of carbonyl (C=O) groups is 1. The second-order valence-corrected chi connectivity index (χ2v) is 8.40. The highest BCUT2D eigenvalue weighted by molar-refractivity contribution is 6.00. The molecule has 5 rings (SSSR count). The Morgan fingerprint density at radius 3 is 2.75 bits per heavy atom. The lowest BCUT2D eigenvalue weighted by atomic mass is 9.90. The molecule has 4 aromatic rings. The van der Waals surface area contributed by atoms with E-state index >= 15 is 0 Å². The zero-order valence-corrected chi connectivity index (χ0v) is 18.5. The first-order valence-electron chi connectivity index (χ1n) is 10.8. The number of ketones is 1. The first-order chi connectivity index (χ1) is 15.5. The topological polar surface area (TPSA) is 91.4 Å². The Kier molecular flexibility index (Phi) is 5.13. The van der Waals surface area contributed by atoms with Gasteiger partial charge in [-0.25, -0.2) is 14.6 Å². The summed E-state index contributed by atoms with van der Waals surface area (Å²) in [6.45, 7) is 4.57. The third kappa shape index (κ3) is 3.72. The Labute approximate surface area is 186 Å². The van der Waals surface area contributed by atoms with Gasteiger partial charge in [-0.1, -0.05) is 30.3 Å². The van der Waals surface area contributed by atoms with Gasteiger partial charge in [0.05, 0.1) is 28.8 Å². The van der Waals surface area contributed by atoms with Crippen LogP contribution in [0.2, 0.25) is 0 Å². The third-order valence-electron chi connectivity index (χ3n) is 6.01. The van der Waals surface area contributed by atoms with Crippen LogP contribution in [0.3, 0.4) is 0 Å². The number of carbonyl (C=O) groups excluding carboxylic acids is 1. The van der Waals surface area contributed by atoms with Gasteiger partial charge in [0.2, 0.25) is 0 Å². The van der Waals surface area contributed by atoms with E-state index in [1.165, 1.54) is 0 Å². The number of hydrogen-bond donors (Lipinski definition) is 0. The van der Waals surface area contributed by atoms with Gasteiger partial charge in [0.1, 0.15) is 11.5 Å². The molecule has 1 aliphatic heterocycles. The van der Waals surface area contributed by atoms with E-state index in [0.717, 1.165) is 59.2 Å². The lowest BCUT2D eigenvalue weighted by Gasteiger charge is -2.21. The van der Waals surface area contributed by atoms with Crippen LogP contribution in [0.5, 0.6) is 0 Å². The summed E-state index contributed by atoms with van der Waals surface area (Å²) in [7, 11) is 1.80. The summed E-state index contributed by atoms with van der Waals surface area (Å²) < 4.78 is 3.63. The van der Waals surface area contributed by atoms with E-state index in [1.54, 1.807) is 24.1 Å². The molecular formula is C24H25N7O. The summed E-state index contributed by atoms with van der Waals surface area (Å²) in [4.78, 5) is 27.1. The quantitative estimate of drug-likeness (QED) is 0.452. The molecule has 8 heteroatoms. The van der Waals surface area contributed by atoms with Gasteiger partial charge in [-0.05, 0) is 26.2 Å². The van der Waals surface area contributed by atoms with E-state index < -0.39 is 0 Å². The van der Waals surface area contributed by atoms with Gasteiger partial charge in [-0.15, -0.1) is 0 Å². The molecule has 0 saturated carbocycles. The van der Waals surface area contributed by atoms with Crippen LogP contribution in [-0.2, 0) is 20.0 Å². The van der Waals surface area contributed by atoms with Crippen molar-refractivity contribution in [3.05, 3.63) is 65.6 Å². The van der Waals surface area contributed by atoms with Crippen molar-refractivity contribution < 1.29 is 4.79 Å². The van der Waals surface area contributed by atoms with Gasteiger partial charge in [0, 0.05) is 38.2 Å². The Morgan fingerprint density at radius 2 is 1.94 bits per heavy atom. The lowest BCUT2D eigenvalue weighted by molar-refractivity contribution is 0.0944. The zero-order chi connectivity index (χ0) is 22.2. The largest absolute Gasteiger partial charge is 0.292 e. The van der Waals surface area contributed by atoms with Gasteiger partial charge in [0.15, 0.2) is 11.6 Å². The molecule has 1 atom stereocenters. The molecule has 1 unspecified atom stereocenters. The average Bonchev–Trinajstić information content (AvgIpc) is 3.39. The van der Waals surface area contributed by atoms with Crippen molar-refractivity contribution in [3.63, 3.8) is 0 Å². The van der Waals surface area contributed by atoms with Crippen molar-refractivity contribution in [2.24, 2.45) is 13.0 Å². The van der Waals surface area contributed by atoms with Crippen LogP contribution in [0, 0.1) is 19.8 Å². The summed E-state index contributed by atoms with van der Waals surface area (Å²) in [5.74, 6) is 1.98. The number of Topliss-reactive ketones (excluding diaryl/α,β-unsaturated/α-hetero) is 1. The average molecular weight is 428 g/mol. The molecule has 0 N–H and O–H groups in total. The van der Waals surface area contributed by atoms with Crippen LogP contribution in [0.25, 0.3) is 22.6 Å². The Bertz CT molecular complexity index is 1290. The molecule has 3 aromatic heterocycles. The molecule has 0 bridgehead atoms. The molecular weight excluding hydrogens is 402 g/mol. The zero-order valence-electron chi connectivity index (χ0n) is 18.5. The highest BCUT2D eigenvalue weighted by Gasteiger charge is 2.28. The monoisotopic (exact) mass is 427 g/mol. The fourth-order valence-electron chi connectivity index (χ4n) is 4.35. The van der Waals surface area contributed by atoms with Crippen molar-refractivity contribution in [2.75, 3.05) is 0 Å². The van der Waals surface area contributed by atoms with Gasteiger partial charge < -0.3 is 0 Å². The van der Waals surface area contributed by atoms with Crippen molar-refractivity contribution in [3.8, 4) is 22.6 Å². The van der Waals surface area contributed by atoms with Crippen molar-refractivity contribution in [2.45, 2.75) is 39.7 Å². The van der Waals surface area contributed by atoms with E-state index in [-0.39, 0.29) is 11.7 Å². The summed E-state index contributed by atoms with van der Waals surface area (Å²) >= 11 is 0. The van der Waals surface area contributed by atoms with Gasteiger partial charge in [-0.3, -0.25) is 14.5 Å². The first kappa shape index (κ1) is 20.2. The number of fused-ring (bicyclic) bond motifs is 1. The molecule has 1 aromatic carbocycles. The minimum Gasteiger partial charge on any atom is -0.292 e. The standard InChI is InChI=1S/C24H25N7O/c1-15-13-25-16(2)22(27-15)19-14-26-30(3)23(19)20(32)11-17-9-10-31-21(12-17)28-24(29-31)18-7-5-4-6-8-18/h4-8,13-14,17H,9-12H2,1-3H3. The summed E-state index contributed by atoms with van der Waals surface area (Å²) in [6, 6.07) is 9.99. The fourth-order valence-corrected chi connectivity index (χ4v) is 4.35. The number of aryl methyl sites for hydroxylation is 4. The first-order valence-corrected chi connectivity index (χ1v) is 10.8. The molecule has 1 aliphatic rings. The maximum absolute atomic E-state index is 13.4. The van der Waals surface area contributed by atoms with Crippen molar-refractivity contribution in [1.82, 2.24) is 34.5 Å². The second kappa shape index (κ2) is 8.11. The molecule has 4 heterocycles. The Morgan fingerprint density at radius 1 is 1.12 bits per heavy atom. The number of aromatic nitrogens is 7. The van der Waals surface area contributed by atoms with E-state index in [0.29, 0.717) is 12.1 Å². The van der Waals surface area contributed by atoms with E-state index in [4.69, 9.17) is 4.98 Å². The molecule has 0 spiro atoms. The molecule has 162 valence electrons. The van der Waals surface area contributed by atoms with Crippen molar-refractivity contribution in [1.29, 1.82) is 0 Å². The predicted octanol–water partition coefficient (Wildman–Crippen LogP) is 3.59. The molecule has 0 aliphatic carbocycles. The highest BCUT2D eigenvalue weighted by Crippen LogP contribution is 2.29. The third-order valence-corrected chi connectivity index (χ3v) is 6.01. The van der Waals surface area contributed by atoms with Gasteiger partial charge >= 0.3 is 0 Å². The Balaban J connectivity index is 1.37. The minimum absolute atomic E-state index is 0.0731. The molecule has 0 fully saturated rings. The fraction of sp³-hybridized carbons (Fsp3) is 0.333. The highest BCUT2D eigenvalue weighted by atomic mass is 16.1. The van der Waals surface area contributed by atoms with Crippen LogP contribution < -0.4 is 0 Å². The lowest BCUT2D eigenvalue weighted by Crippen LogP contribution is -2.23. The van der Waals surface area contributed by atoms with Crippen LogP contribution in [0.15, 0.2) is 42.7 Å². The summed E-state index contributed by atoms with van der Waals surface area (Å²) in [5.41, 5.74) is 4.67. The van der Waals surface area contributed by atoms with Gasteiger partial charge in [-0.2, -0.15) is 10.2 Å². The number of nitrogens with zero attached hydrogens (tertiary/aromatic N) is 7. The normalized spacial score (nSPS) is 15.5. The number of benzene rings is 1. The molecule has 0 radical (unpaired) electrons. The van der Waals surface area contributed by atoms with Crippen LogP contribution >= 0.6 is 0 Å². The molecule has 0 saturated heterocycles. The second-order valence-electron chi connectivity index (χ2n) is 8.40. The van der Waals surface area contributed by atoms with E-state index in [2.05, 4.69) is 20.2 Å². The number of hydrogen-bond acceptors (Lipinski definition) is 6. The van der Waals surface area contributed by atoms with E-state index in [1.807, 2.05) is 48.9 Å². The summed E-state index contributed by atoms with van der Waals surface area (Å²) in [6.07, 6.45) is 5.53. The molecule has 0 amide bonds. The Hall–Kier alpha value is -3.68. The summed E-state index contributed by atoms with van der Waals surface area (Å²) in [5, 5.41) is 9.01. The SMILES string of the molecule is Cc1cnc(C)c(-c2cnn(C)c2C(=O)CC2CCn3nc(-c4ccccc4)nc3C2)n1. The predicted molar refractivity (Wildman–Crippen MR) is 120 cm³/mol. The van der Waals surface area contributed by atoms with Crippen LogP contribution in [-0.4, -0.2) is 40.3 Å². The minimum atomic E-state index is 0.0731. The molecule has 32 heavy (non-hydrogen) atoms. The van der Waals surface area contributed by atoms with Crippen LogP contribution in [0.4, 0.5) is 0 Å². The van der Waals surface area contributed by atoms with E-state index in [9.17, 15) is 4.79 Å². The van der Waals surface area contributed by atoms with Crippen LogP contribution in [0.1, 0.15) is 40.5 Å². The smallest absolute Gasteiger partial charge is 0.181 e.